The highest BCUT2D eigenvalue weighted by atomic mass is 32.2. The van der Waals surface area contributed by atoms with Crippen molar-refractivity contribution in [3.63, 3.8) is 0 Å². The van der Waals surface area contributed by atoms with Crippen LogP contribution in [-0.2, 0) is 11.1 Å². The number of nitriles is 2. The molecule has 48 valence electrons. The Kier molecular flexibility index (Phi) is 3.61. The first-order chi connectivity index (χ1) is 4.20. The third-order valence-electron chi connectivity index (χ3n) is 0.621. The van der Waals surface area contributed by atoms with Gasteiger partial charge >= 0.3 is 0 Å². The number of hydrogen-bond acceptors (Lipinski definition) is 3. The molecule has 0 aliphatic carbocycles. The van der Waals surface area contributed by atoms with Gasteiger partial charge in [0.25, 0.3) is 0 Å². The predicted molar refractivity (Wildman–Crippen MR) is 30.4 cm³/mol. The molecule has 1 atom stereocenters. The number of hydrogen-bond donors (Lipinski definition) is 1. The Balaban J connectivity index is 3.78. The average molecular weight is 144 g/mol. The zero-order valence-corrected chi connectivity index (χ0v) is 5.26. The molecule has 0 spiro atoms. The molecule has 0 aromatic rings. The molecule has 0 radical (unpaired) electrons. The van der Waals surface area contributed by atoms with E-state index in [-0.39, 0.29) is 5.75 Å². The third-order valence-corrected chi connectivity index (χ3v) is 1.24. The van der Waals surface area contributed by atoms with E-state index in [1.54, 1.807) is 12.1 Å². The maximum Gasteiger partial charge on any atom is 0.155 e. The van der Waals surface area contributed by atoms with Gasteiger partial charge < -0.3 is 4.55 Å². The summed E-state index contributed by atoms with van der Waals surface area (Å²) >= 11 is -2.04. The first-order valence-electron chi connectivity index (χ1n) is 2.07. The van der Waals surface area contributed by atoms with Crippen molar-refractivity contribution in [1.82, 2.24) is 0 Å². The minimum Gasteiger partial charge on any atom is -0.306 e. The van der Waals surface area contributed by atoms with Crippen LogP contribution < -0.4 is 0 Å². The van der Waals surface area contributed by atoms with Crippen LogP contribution >= 0.6 is 0 Å². The number of rotatable bonds is 2. The lowest BCUT2D eigenvalue weighted by Gasteiger charge is -1.90. The quantitative estimate of drug-likeness (QED) is 0.547. The van der Waals surface area contributed by atoms with Crippen LogP contribution in [0.2, 0.25) is 0 Å². The van der Waals surface area contributed by atoms with Gasteiger partial charge in [0, 0.05) is 0 Å². The van der Waals surface area contributed by atoms with E-state index in [9.17, 15) is 4.21 Å². The molecule has 0 aromatic heterocycles. The molecular weight excluding hydrogens is 140 g/mol. The van der Waals surface area contributed by atoms with Crippen molar-refractivity contribution in [2.24, 2.45) is 5.92 Å². The highest BCUT2D eigenvalue weighted by Gasteiger charge is 2.07. The molecule has 1 N–H and O–H groups in total. The standard InChI is InChI=1S/C4H4N2O2S/c5-1-4(2-6)3-9(7)8/h4H,3H2,(H,7,8). The van der Waals surface area contributed by atoms with Crippen LogP contribution in [0.3, 0.4) is 0 Å². The van der Waals surface area contributed by atoms with E-state index in [1.165, 1.54) is 0 Å². The molecule has 0 heterocycles. The van der Waals surface area contributed by atoms with Crippen molar-refractivity contribution < 1.29 is 8.76 Å². The summed E-state index contributed by atoms with van der Waals surface area (Å²) in [6.45, 7) is 0. The second kappa shape index (κ2) is 4.02. The topological polar surface area (TPSA) is 84.9 Å². The molecule has 4 nitrogen and oxygen atoms in total. The molecule has 0 rings (SSSR count). The van der Waals surface area contributed by atoms with Gasteiger partial charge in [-0.25, -0.2) is 4.21 Å². The van der Waals surface area contributed by atoms with Crippen LogP contribution in [0.25, 0.3) is 0 Å². The van der Waals surface area contributed by atoms with E-state index in [4.69, 9.17) is 15.1 Å². The van der Waals surface area contributed by atoms with Gasteiger partial charge in [-0.05, 0) is 0 Å². The van der Waals surface area contributed by atoms with Gasteiger partial charge in [0.05, 0.1) is 17.9 Å². The molecule has 0 aliphatic rings. The molecule has 0 fully saturated rings. The van der Waals surface area contributed by atoms with Crippen molar-refractivity contribution in [1.29, 1.82) is 10.5 Å². The van der Waals surface area contributed by atoms with E-state index in [1.807, 2.05) is 0 Å². The van der Waals surface area contributed by atoms with Crippen LogP contribution in [-0.4, -0.2) is 14.5 Å². The van der Waals surface area contributed by atoms with Crippen molar-refractivity contribution in [3.8, 4) is 12.1 Å². The Labute approximate surface area is 55.0 Å². The van der Waals surface area contributed by atoms with Gasteiger partial charge in [-0.1, -0.05) is 0 Å². The molecule has 0 saturated heterocycles. The zero-order valence-electron chi connectivity index (χ0n) is 4.44. The van der Waals surface area contributed by atoms with E-state index in [0.29, 0.717) is 0 Å². The molecule has 0 aromatic carbocycles. The van der Waals surface area contributed by atoms with E-state index < -0.39 is 17.0 Å². The summed E-state index contributed by atoms with van der Waals surface area (Å²) in [6, 6.07) is 3.14. The van der Waals surface area contributed by atoms with Crippen LogP contribution in [0.1, 0.15) is 0 Å². The van der Waals surface area contributed by atoms with Gasteiger partial charge in [0.2, 0.25) is 0 Å². The SMILES string of the molecule is N#CC(C#N)CS(=O)O. The van der Waals surface area contributed by atoms with E-state index in [2.05, 4.69) is 0 Å². The Morgan fingerprint density at radius 2 is 2.00 bits per heavy atom. The summed E-state index contributed by atoms with van der Waals surface area (Å²) in [6.07, 6.45) is 0. The lowest BCUT2D eigenvalue weighted by molar-refractivity contribution is 0.561. The lowest BCUT2D eigenvalue weighted by Crippen LogP contribution is -2.05. The van der Waals surface area contributed by atoms with Crippen LogP contribution in [0.15, 0.2) is 0 Å². The highest BCUT2D eigenvalue weighted by molar-refractivity contribution is 7.79. The fourth-order valence-corrected chi connectivity index (χ4v) is 0.680. The first-order valence-corrected chi connectivity index (χ1v) is 3.35. The molecular formula is C4H4N2O2S. The van der Waals surface area contributed by atoms with Crippen molar-refractivity contribution in [3.05, 3.63) is 0 Å². The fourth-order valence-electron chi connectivity index (χ4n) is 0.246. The van der Waals surface area contributed by atoms with Crippen molar-refractivity contribution >= 4 is 11.1 Å². The Morgan fingerprint density at radius 1 is 1.56 bits per heavy atom. The summed E-state index contributed by atoms with van der Waals surface area (Å²) in [5.74, 6) is -1.25. The summed E-state index contributed by atoms with van der Waals surface area (Å²) in [5, 5.41) is 16.1. The monoisotopic (exact) mass is 144 g/mol. The Hall–Kier alpha value is -0.910. The molecule has 0 amide bonds. The largest absolute Gasteiger partial charge is 0.306 e. The van der Waals surface area contributed by atoms with Crippen LogP contribution in [0, 0.1) is 28.6 Å². The lowest BCUT2D eigenvalue weighted by atomic mass is 10.2. The van der Waals surface area contributed by atoms with Crippen molar-refractivity contribution in [2.45, 2.75) is 0 Å². The van der Waals surface area contributed by atoms with E-state index in [0.717, 1.165) is 0 Å². The highest BCUT2D eigenvalue weighted by Crippen LogP contribution is 1.92. The van der Waals surface area contributed by atoms with Crippen LogP contribution in [0.4, 0.5) is 0 Å². The minimum atomic E-state index is -2.04. The first kappa shape index (κ1) is 8.09. The molecule has 0 bridgehead atoms. The zero-order chi connectivity index (χ0) is 7.28. The third kappa shape index (κ3) is 3.65. The van der Waals surface area contributed by atoms with Gasteiger partial charge in [-0.3, -0.25) is 0 Å². The molecule has 0 aliphatic heterocycles. The second-order valence-corrected chi connectivity index (χ2v) is 2.28. The average Bonchev–Trinajstić information content (AvgIpc) is 1.82. The van der Waals surface area contributed by atoms with Gasteiger partial charge in [0.15, 0.2) is 11.1 Å². The molecule has 5 heteroatoms. The van der Waals surface area contributed by atoms with Gasteiger partial charge in [-0.2, -0.15) is 10.5 Å². The van der Waals surface area contributed by atoms with E-state index >= 15 is 0 Å². The van der Waals surface area contributed by atoms with Gasteiger partial charge in [0.1, 0.15) is 5.92 Å². The second-order valence-electron chi connectivity index (χ2n) is 1.30. The molecule has 1 unspecified atom stereocenters. The minimum absolute atomic E-state index is 0.285. The van der Waals surface area contributed by atoms with Crippen LogP contribution in [0.5, 0.6) is 0 Å². The summed E-state index contributed by atoms with van der Waals surface area (Å²) < 4.78 is 18.1. The predicted octanol–water partition coefficient (Wildman–Crippen LogP) is -0.129. The van der Waals surface area contributed by atoms with Gasteiger partial charge in [-0.15, -0.1) is 0 Å². The maximum atomic E-state index is 9.94. The van der Waals surface area contributed by atoms with Crippen molar-refractivity contribution in [2.75, 3.05) is 5.75 Å². The summed E-state index contributed by atoms with van der Waals surface area (Å²) in [5.41, 5.74) is 0. The Morgan fingerprint density at radius 3 is 2.11 bits per heavy atom. The normalized spacial score (nSPS) is 12.0. The fraction of sp³-hybridized carbons (Fsp3) is 0.500. The summed E-state index contributed by atoms with van der Waals surface area (Å²) in [7, 11) is 0. The smallest absolute Gasteiger partial charge is 0.155 e. The summed E-state index contributed by atoms with van der Waals surface area (Å²) in [4.78, 5) is 0. The number of nitrogens with zero attached hydrogens (tertiary/aromatic N) is 2. The Bertz CT molecular complexity index is 176. The maximum absolute atomic E-state index is 9.94. The molecule has 9 heavy (non-hydrogen) atoms. The molecule has 0 saturated carbocycles.